The second kappa shape index (κ2) is 3.42. The van der Waals surface area contributed by atoms with Crippen molar-refractivity contribution in [1.29, 1.82) is 0 Å². The Morgan fingerprint density at radius 3 is 2.71 bits per heavy atom. The molecule has 1 heterocycles. The summed E-state index contributed by atoms with van der Waals surface area (Å²) in [6.45, 7) is 1.85. The zero-order chi connectivity index (χ0) is 12.0. The molecule has 2 N–H and O–H groups in total. The first-order chi connectivity index (χ1) is 8.22. The van der Waals surface area contributed by atoms with Crippen LogP contribution >= 0.6 is 0 Å². The van der Waals surface area contributed by atoms with Gasteiger partial charge in [0.25, 0.3) is 0 Å². The molecule has 3 nitrogen and oxygen atoms in total. The molecule has 1 aromatic heterocycles. The molecule has 0 atom stereocenters. The van der Waals surface area contributed by atoms with Crippen LogP contribution < -0.4 is 4.74 Å². The predicted molar refractivity (Wildman–Crippen MR) is 68.8 cm³/mol. The highest BCUT2D eigenvalue weighted by molar-refractivity contribution is 6.10. The topological polar surface area (TPSA) is 45.2 Å². The SMILES string of the molecule is COc1c(C)c(O)cc2c1[nH]c1ccccc12. The van der Waals surface area contributed by atoms with Crippen molar-refractivity contribution in [3.63, 3.8) is 0 Å². The van der Waals surface area contributed by atoms with Gasteiger partial charge in [0.1, 0.15) is 11.5 Å². The third-order valence-corrected chi connectivity index (χ3v) is 3.18. The third kappa shape index (κ3) is 1.29. The fourth-order valence-corrected chi connectivity index (χ4v) is 2.30. The van der Waals surface area contributed by atoms with Gasteiger partial charge in [-0.25, -0.2) is 0 Å². The number of hydrogen-bond donors (Lipinski definition) is 2. The molecule has 0 spiro atoms. The molecule has 0 aliphatic carbocycles. The molecular formula is C14H13NO2. The first-order valence-corrected chi connectivity index (χ1v) is 5.49. The summed E-state index contributed by atoms with van der Waals surface area (Å²) in [7, 11) is 1.62. The summed E-state index contributed by atoms with van der Waals surface area (Å²) in [5.74, 6) is 0.968. The van der Waals surface area contributed by atoms with Crippen LogP contribution in [0.5, 0.6) is 11.5 Å². The van der Waals surface area contributed by atoms with E-state index in [0.717, 1.165) is 27.4 Å². The van der Waals surface area contributed by atoms with E-state index < -0.39 is 0 Å². The van der Waals surface area contributed by atoms with Gasteiger partial charge in [-0.15, -0.1) is 0 Å². The van der Waals surface area contributed by atoms with Gasteiger partial charge in [0.2, 0.25) is 0 Å². The van der Waals surface area contributed by atoms with Crippen molar-refractivity contribution in [2.24, 2.45) is 0 Å². The molecule has 3 aromatic rings. The van der Waals surface area contributed by atoms with Crippen molar-refractivity contribution in [2.75, 3.05) is 7.11 Å². The molecule has 0 amide bonds. The Hall–Kier alpha value is -2.16. The van der Waals surface area contributed by atoms with Crippen LogP contribution in [0.4, 0.5) is 0 Å². The number of benzene rings is 2. The Bertz CT molecular complexity index is 713. The molecular weight excluding hydrogens is 214 g/mol. The second-order valence-corrected chi connectivity index (χ2v) is 4.15. The van der Waals surface area contributed by atoms with E-state index in [4.69, 9.17) is 4.74 Å². The summed E-state index contributed by atoms with van der Waals surface area (Å²) in [6, 6.07) is 9.80. The standard InChI is InChI=1S/C14H13NO2/c1-8-12(16)7-10-9-5-3-4-6-11(9)15-13(10)14(8)17-2/h3-7,15-16H,1-2H3. The van der Waals surface area contributed by atoms with Gasteiger partial charge in [0.05, 0.1) is 12.6 Å². The van der Waals surface area contributed by atoms with Crippen LogP contribution in [0.2, 0.25) is 0 Å². The lowest BCUT2D eigenvalue weighted by Crippen LogP contribution is -1.89. The summed E-state index contributed by atoms with van der Waals surface area (Å²) >= 11 is 0. The third-order valence-electron chi connectivity index (χ3n) is 3.18. The number of phenols is 1. The fourth-order valence-electron chi connectivity index (χ4n) is 2.30. The quantitative estimate of drug-likeness (QED) is 0.669. The number of aromatic amines is 1. The Kier molecular flexibility index (Phi) is 2.01. The van der Waals surface area contributed by atoms with E-state index in [2.05, 4.69) is 4.98 Å². The zero-order valence-electron chi connectivity index (χ0n) is 9.74. The second-order valence-electron chi connectivity index (χ2n) is 4.15. The molecule has 0 bridgehead atoms. The van der Waals surface area contributed by atoms with Gasteiger partial charge in [-0.3, -0.25) is 0 Å². The first-order valence-electron chi connectivity index (χ1n) is 5.49. The minimum absolute atomic E-state index is 0.263. The number of fused-ring (bicyclic) bond motifs is 3. The number of ether oxygens (including phenoxy) is 1. The Morgan fingerprint density at radius 1 is 1.18 bits per heavy atom. The average molecular weight is 227 g/mol. The van der Waals surface area contributed by atoms with Crippen LogP contribution in [0.25, 0.3) is 21.8 Å². The van der Waals surface area contributed by atoms with Gasteiger partial charge < -0.3 is 14.8 Å². The van der Waals surface area contributed by atoms with Crippen LogP contribution in [-0.4, -0.2) is 17.2 Å². The highest BCUT2D eigenvalue weighted by Crippen LogP contribution is 2.38. The van der Waals surface area contributed by atoms with Crippen molar-refractivity contribution < 1.29 is 9.84 Å². The lowest BCUT2D eigenvalue weighted by atomic mass is 10.1. The van der Waals surface area contributed by atoms with E-state index in [1.165, 1.54) is 0 Å². The number of H-pyrrole nitrogens is 1. The number of phenolic OH excluding ortho intramolecular Hbond substituents is 1. The van der Waals surface area contributed by atoms with E-state index in [1.807, 2.05) is 31.2 Å². The lowest BCUT2D eigenvalue weighted by molar-refractivity contribution is 0.407. The van der Waals surface area contributed by atoms with Crippen molar-refractivity contribution in [2.45, 2.75) is 6.92 Å². The van der Waals surface area contributed by atoms with Crippen molar-refractivity contribution in [3.8, 4) is 11.5 Å². The van der Waals surface area contributed by atoms with Crippen LogP contribution in [0.1, 0.15) is 5.56 Å². The zero-order valence-corrected chi connectivity index (χ0v) is 9.74. The fraction of sp³-hybridized carbons (Fsp3) is 0.143. The molecule has 3 rings (SSSR count). The van der Waals surface area contributed by atoms with E-state index in [0.29, 0.717) is 5.75 Å². The largest absolute Gasteiger partial charge is 0.508 e. The van der Waals surface area contributed by atoms with Gasteiger partial charge in [-0.05, 0) is 19.1 Å². The highest BCUT2D eigenvalue weighted by atomic mass is 16.5. The van der Waals surface area contributed by atoms with Gasteiger partial charge in [-0.1, -0.05) is 18.2 Å². The molecule has 0 radical (unpaired) electrons. The van der Waals surface area contributed by atoms with Gasteiger partial charge >= 0.3 is 0 Å². The van der Waals surface area contributed by atoms with Gasteiger partial charge in [-0.2, -0.15) is 0 Å². The summed E-state index contributed by atoms with van der Waals surface area (Å²) in [5, 5.41) is 12.0. The molecule has 0 unspecified atom stereocenters. The minimum Gasteiger partial charge on any atom is -0.508 e. The lowest BCUT2D eigenvalue weighted by Gasteiger charge is -2.07. The maximum absolute atomic E-state index is 9.91. The Morgan fingerprint density at radius 2 is 1.94 bits per heavy atom. The molecule has 86 valence electrons. The molecule has 3 heteroatoms. The molecule has 2 aromatic carbocycles. The van der Waals surface area contributed by atoms with E-state index in [-0.39, 0.29) is 5.75 Å². The number of aromatic nitrogens is 1. The molecule has 0 aliphatic heterocycles. The smallest absolute Gasteiger partial charge is 0.149 e. The maximum Gasteiger partial charge on any atom is 0.149 e. The minimum atomic E-state index is 0.263. The molecule has 0 aliphatic rings. The van der Waals surface area contributed by atoms with Crippen molar-refractivity contribution in [3.05, 3.63) is 35.9 Å². The monoisotopic (exact) mass is 227 g/mol. The number of nitrogens with one attached hydrogen (secondary N) is 1. The highest BCUT2D eigenvalue weighted by Gasteiger charge is 2.14. The number of hydrogen-bond acceptors (Lipinski definition) is 2. The van der Waals surface area contributed by atoms with E-state index in [9.17, 15) is 5.11 Å². The average Bonchev–Trinajstić information content (AvgIpc) is 2.69. The van der Waals surface area contributed by atoms with E-state index >= 15 is 0 Å². The van der Waals surface area contributed by atoms with Crippen molar-refractivity contribution in [1.82, 2.24) is 4.98 Å². The number of aromatic hydroxyl groups is 1. The van der Waals surface area contributed by atoms with Gasteiger partial charge in [0, 0.05) is 21.9 Å². The molecule has 0 saturated carbocycles. The van der Waals surface area contributed by atoms with Crippen LogP contribution in [0.15, 0.2) is 30.3 Å². The summed E-state index contributed by atoms with van der Waals surface area (Å²) in [5.41, 5.74) is 2.74. The summed E-state index contributed by atoms with van der Waals surface area (Å²) in [6.07, 6.45) is 0. The molecule has 17 heavy (non-hydrogen) atoms. The van der Waals surface area contributed by atoms with E-state index in [1.54, 1.807) is 13.2 Å². The van der Waals surface area contributed by atoms with Gasteiger partial charge in [0.15, 0.2) is 0 Å². The molecule has 0 saturated heterocycles. The summed E-state index contributed by atoms with van der Waals surface area (Å²) < 4.78 is 5.38. The normalized spacial score (nSPS) is 11.2. The predicted octanol–water partition coefficient (Wildman–Crippen LogP) is 3.34. The Balaban J connectivity index is 2.56. The van der Waals surface area contributed by atoms with Crippen LogP contribution in [0.3, 0.4) is 0 Å². The number of rotatable bonds is 1. The number of methoxy groups -OCH3 is 1. The maximum atomic E-state index is 9.91. The number of para-hydroxylation sites is 1. The first kappa shape index (κ1) is 10.0. The Labute approximate surface area is 98.6 Å². The summed E-state index contributed by atoms with van der Waals surface area (Å²) in [4.78, 5) is 3.33. The van der Waals surface area contributed by atoms with Crippen LogP contribution in [-0.2, 0) is 0 Å². The van der Waals surface area contributed by atoms with Crippen LogP contribution in [0, 0.1) is 6.92 Å². The van der Waals surface area contributed by atoms with Crippen molar-refractivity contribution >= 4 is 21.8 Å². The molecule has 0 fully saturated rings.